The lowest BCUT2D eigenvalue weighted by atomic mass is 9.80. The molecule has 0 amide bonds. The van der Waals surface area contributed by atoms with E-state index in [1.165, 1.54) is 0 Å². The lowest BCUT2D eigenvalue weighted by molar-refractivity contribution is 0.321. The summed E-state index contributed by atoms with van der Waals surface area (Å²) in [7, 11) is 0. The summed E-state index contributed by atoms with van der Waals surface area (Å²) in [6.07, 6.45) is 1.50. The van der Waals surface area contributed by atoms with Crippen LogP contribution in [0.2, 0.25) is 0 Å². The third kappa shape index (κ3) is 0.690. The predicted octanol–water partition coefficient (Wildman–Crippen LogP) is -1.05. The van der Waals surface area contributed by atoms with Gasteiger partial charge in [-0.25, -0.2) is 0 Å². The lowest BCUT2D eigenvalue weighted by Gasteiger charge is -2.36. The molecule has 3 atom stereocenters. The van der Waals surface area contributed by atoms with Gasteiger partial charge in [-0.05, 0) is 13.3 Å². The van der Waals surface area contributed by atoms with E-state index in [0.29, 0.717) is 6.42 Å². The fourth-order valence-electron chi connectivity index (χ4n) is 2.18. The standard InChI is InChI=1S/C8H16N4/c1-7(11)3-5(9)6(10)4-2-8(4,7)12/h4H,2-3,9-12H2,1H3. The average molecular weight is 168 g/mol. The Morgan fingerprint density at radius 1 is 1.33 bits per heavy atom. The fourth-order valence-corrected chi connectivity index (χ4v) is 2.18. The Labute approximate surface area is 72.0 Å². The number of hydrogen-bond acceptors (Lipinski definition) is 4. The quantitative estimate of drug-likeness (QED) is 0.370. The van der Waals surface area contributed by atoms with Gasteiger partial charge in [0.2, 0.25) is 0 Å². The van der Waals surface area contributed by atoms with Crippen molar-refractivity contribution < 1.29 is 0 Å². The average Bonchev–Trinajstić information content (AvgIpc) is 2.60. The van der Waals surface area contributed by atoms with Gasteiger partial charge in [-0.15, -0.1) is 0 Å². The van der Waals surface area contributed by atoms with Crippen LogP contribution in [0.4, 0.5) is 0 Å². The molecule has 12 heavy (non-hydrogen) atoms. The second-order valence-electron chi connectivity index (χ2n) is 4.37. The lowest BCUT2D eigenvalue weighted by Crippen LogP contribution is -2.59. The zero-order valence-corrected chi connectivity index (χ0v) is 7.30. The van der Waals surface area contributed by atoms with E-state index < -0.39 is 0 Å². The molecule has 0 aromatic heterocycles. The minimum absolute atomic E-state index is 0.223. The van der Waals surface area contributed by atoms with Crippen LogP contribution in [0.15, 0.2) is 11.4 Å². The van der Waals surface area contributed by atoms with Crippen LogP contribution in [0.5, 0.6) is 0 Å². The van der Waals surface area contributed by atoms with Gasteiger partial charge >= 0.3 is 0 Å². The van der Waals surface area contributed by atoms with Crippen molar-refractivity contribution in [1.29, 1.82) is 0 Å². The first-order valence-electron chi connectivity index (χ1n) is 4.20. The molecule has 4 nitrogen and oxygen atoms in total. The van der Waals surface area contributed by atoms with E-state index in [4.69, 9.17) is 22.9 Å². The largest absolute Gasteiger partial charge is 0.401 e. The van der Waals surface area contributed by atoms with Crippen LogP contribution in [0.3, 0.4) is 0 Å². The summed E-state index contributed by atoms with van der Waals surface area (Å²) in [5.74, 6) is 0.223. The van der Waals surface area contributed by atoms with Crippen LogP contribution < -0.4 is 22.9 Å². The van der Waals surface area contributed by atoms with Gasteiger partial charge in [0.1, 0.15) is 0 Å². The van der Waals surface area contributed by atoms with E-state index in [9.17, 15) is 0 Å². The second kappa shape index (κ2) is 1.78. The number of nitrogens with two attached hydrogens (primary N) is 4. The van der Waals surface area contributed by atoms with Crippen molar-refractivity contribution in [3.63, 3.8) is 0 Å². The summed E-state index contributed by atoms with van der Waals surface area (Å²) >= 11 is 0. The molecule has 2 rings (SSSR count). The molecule has 0 aliphatic heterocycles. The van der Waals surface area contributed by atoms with E-state index in [-0.39, 0.29) is 17.0 Å². The molecule has 0 saturated heterocycles. The van der Waals surface area contributed by atoms with Gasteiger partial charge in [-0.3, -0.25) is 0 Å². The Morgan fingerprint density at radius 2 is 1.92 bits per heavy atom. The highest BCUT2D eigenvalue weighted by Crippen LogP contribution is 2.55. The Bertz CT molecular complexity index is 265. The minimum Gasteiger partial charge on any atom is -0.401 e. The molecular formula is C8H16N4. The van der Waals surface area contributed by atoms with E-state index in [1.807, 2.05) is 6.92 Å². The summed E-state index contributed by atoms with van der Waals surface area (Å²) in [6, 6.07) is 0. The van der Waals surface area contributed by atoms with Gasteiger partial charge < -0.3 is 22.9 Å². The summed E-state index contributed by atoms with van der Waals surface area (Å²) < 4.78 is 0. The van der Waals surface area contributed by atoms with Crippen molar-refractivity contribution in [2.24, 2.45) is 28.9 Å². The van der Waals surface area contributed by atoms with Gasteiger partial charge in [-0.2, -0.15) is 0 Å². The van der Waals surface area contributed by atoms with Gasteiger partial charge in [0, 0.05) is 34.8 Å². The SMILES string of the molecule is CC1(N)CC(N)=C(N)C2CC21N. The summed E-state index contributed by atoms with van der Waals surface area (Å²) in [6.45, 7) is 1.95. The highest BCUT2D eigenvalue weighted by molar-refractivity contribution is 5.38. The van der Waals surface area contributed by atoms with Crippen LogP contribution in [0, 0.1) is 5.92 Å². The van der Waals surface area contributed by atoms with Crippen molar-refractivity contribution in [2.75, 3.05) is 0 Å². The first-order valence-corrected chi connectivity index (χ1v) is 4.20. The maximum Gasteiger partial charge on any atom is 0.0430 e. The molecule has 0 spiro atoms. The molecule has 0 bridgehead atoms. The van der Waals surface area contributed by atoms with Crippen molar-refractivity contribution in [3.8, 4) is 0 Å². The Kier molecular flexibility index (Phi) is 1.17. The van der Waals surface area contributed by atoms with Crippen LogP contribution in [-0.4, -0.2) is 11.1 Å². The summed E-state index contributed by atoms with van der Waals surface area (Å²) in [5.41, 5.74) is 24.5. The third-order valence-electron chi connectivity index (χ3n) is 3.37. The van der Waals surface area contributed by atoms with Crippen LogP contribution in [0.25, 0.3) is 0 Å². The molecule has 1 fully saturated rings. The number of fused-ring (bicyclic) bond motifs is 1. The molecule has 0 aromatic carbocycles. The maximum absolute atomic E-state index is 6.09. The molecule has 0 aromatic rings. The van der Waals surface area contributed by atoms with Gasteiger partial charge in [-0.1, -0.05) is 0 Å². The van der Waals surface area contributed by atoms with Gasteiger partial charge in [0.15, 0.2) is 0 Å². The maximum atomic E-state index is 6.09. The molecule has 2 aliphatic rings. The fraction of sp³-hybridized carbons (Fsp3) is 0.750. The topological polar surface area (TPSA) is 104 Å². The molecule has 1 saturated carbocycles. The molecule has 2 aliphatic carbocycles. The molecule has 8 N–H and O–H groups in total. The van der Waals surface area contributed by atoms with Crippen molar-refractivity contribution in [2.45, 2.75) is 30.8 Å². The minimum atomic E-state index is -0.384. The first-order chi connectivity index (χ1) is 5.38. The van der Waals surface area contributed by atoms with Crippen LogP contribution in [0.1, 0.15) is 19.8 Å². The Hall–Kier alpha value is -0.740. The van der Waals surface area contributed by atoms with Gasteiger partial charge in [0.05, 0.1) is 0 Å². The zero-order chi connectivity index (χ0) is 9.15. The molecular weight excluding hydrogens is 152 g/mol. The number of hydrogen-bond donors (Lipinski definition) is 4. The van der Waals surface area contributed by atoms with Crippen molar-refractivity contribution in [1.82, 2.24) is 0 Å². The monoisotopic (exact) mass is 168 g/mol. The smallest absolute Gasteiger partial charge is 0.0430 e. The van der Waals surface area contributed by atoms with Crippen molar-refractivity contribution in [3.05, 3.63) is 11.4 Å². The highest BCUT2D eigenvalue weighted by atomic mass is 15.0. The summed E-state index contributed by atoms with van der Waals surface area (Å²) in [5, 5.41) is 0. The van der Waals surface area contributed by atoms with Gasteiger partial charge in [0.25, 0.3) is 0 Å². The van der Waals surface area contributed by atoms with Crippen molar-refractivity contribution >= 4 is 0 Å². The third-order valence-corrected chi connectivity index (χ3v) is 3.37. The van der Waals surface area contributed by atoms with E-state index in [1.54, 1.807) is 0 Å². The Balaban J connectivity index is 2.41. The molecule has 4 heteroatoms. The molecule has 68 valence electrons. The second-order valence-corrected chi connectivity index (χ2v) is 4.37. The number of rotatable bonds is 0. The van der Waals surface area contributed by atoms with E-state index in [0.717, 1.165) is 17.8 Å². The summed E-state index contributed by atoms with van der Waals surface area (Å²) in [4.78, 5) is 0. The molecule has 3 unspecified atom stereocenters. The highest BCUT2D eigenvalue weighted by Gasteiger charge is 2.64. The first kappa shape index (κ1) is 7.89. The molecule has 0 heterocycles. The van der Waals surface area contributed by atoms with E-state index >= 15 is 0 Å². The predicted molar refractivity (Wildman–Crippen MR) is 47.6 cm³/mol. The normalized spacial score (nSPS) is 52.1. The zero-order valence-electron chi connectivity index (χ0n) is 7.30. The Morgan fingerprint density at radius 3 is 2.50 bits per heavy atom. The van der Waals surface area contributed by atoms with Crippen LogP contribution >= 0.6 is 0 Å². The van der Waals surface area contributed by atoms with Crippen LogP contribution in [-0.2, 0) is 0 Å². The van der Waals surface area contributed by atoms with E-state index in [2.05, 4.69) is 0 Å². The molecule has 0 radical (unpaired) electrons.